The number of hydrogen-bond acceptors (Lipinski definition) is 3. The van der Waals surface area contributed by atoms with Gasteiger partial charge in [0.15, 0.2) is 0 Å². The van der Waals surface area contributed by atoms with Gasteiger partial charge in [-0.25, -0.2) is 4.79 Å². The summed E-state index contributed by atoms with van der Waals surface area (Å²) in [5.41, 5.74) is 2.39. The zero-order valence-electron chi connectivity index (χ0n) is 10.5. The molecule has 1 unspecified atom stereocenters. The number of aromatic carboxylic acids is 1. The first-order valence-electron chi connectivity index (χ1n) is 6.15. The number of carboxylic acids is 1. The lowest BCUT2D eigenvalue weighted by molar-refractivity contribution is 0.0696. The van der Waals surface area contributed by atoms with Crippen molar-refractivity contribution < 1.29 is 9.90 Å². The molecule has 2 aromatic rings. The van der Waals surface area contributed by atoms with Crippen molar-refractivity contribution >= 4 is 17.7 Å². The van der Waals surface area contributed by atoms with Crippen molar-refractivity contribution in [2.75, 3.05) is 0 Å². The maximum atomic E-state index is 11.0. The van der Waals surface area contributed by atoms with Crippen molar-refractivity contribution in [2.24, 2.45) is 0 Å². The molecule has 1 atom stereocenters. The summed E-state index contributed by atoms with van der Waals surface area (Å²) in [6, 6.07) is 8.40. The second-order valence-corrected chi connectivity index (χ2v) is 6.02. The van der Waals surface area contributed by atoms with Crippen LogP contribution in [0.15, 0.2) is 35.4 Å². The third-order valence-corrected chi connectivity index (χ3v) is 4.73. The summed E-state index contributed by atoms with van der Waals surface area (Å²) in [5, 5.41) is 13.6. The summed E-state index contributed by atoms with van der Waals surface area (Å²) in [7, 11) is 0. The number of rotatable bonds is 3. The van der Waals surface area contributed by atoms with Gasteiger partial charge in [0.25, 0.3) is 0 Å². The summed E-state index contributed by atoms with van der Waals surface area (Å²) in [4.78, 5) is 12.3. The van der Waals surface area contributed by atoms with Gasteiger partial charge in [-0.2, -0.15) is 5.10 Å². The number of aromatic nitrogens is 2. The van der Waals surface area contributed by atoms with Crippen LogP contribution >= 0.6 is 11.8 Å². The van der Waals surface area contributed by atoms with E-state index >= 15 is 0 Å². The van der Waals surface area contributed by atoms with Crippen molar-refractivity contribution in [1.29, 1.82) is 0 Å². The fraction of sp³-hybridized carbons (Fsp3) is 0.286. The Kier molecular flexibility index (Phi) is 3.06. The van der Waals surface area contributed by atoms with Crippen LogP contribution in [0.25, 0.3) is 0 Å². The quantitative estimate of drug-likeness (QED) is 0.934. The van der Waals surface area contributed by atoms with Gasteiger partial charge in [-0.3, -0.25) is 4.68 Å². The first kappa shape index (κ1) is 12.3. The second-order valence-electron chi connectivity index (χ2n) is 4.68. The molecule has 5 heteroatoms. The van der Waals surface area contributed by atoms with E-state index in [2.05, 4.69) is 29.4 Å². The van der Waals surface area contributed by atoms with E-state index in [1.807, 2.05) is 18.7 Å². The first-order chi connectivity index (χ1) is 9.15. The number of carboxylic acid groups (broad SMARTS) is 1. The third kappa shape index (κ3) is 2.26. The average molecular weight is 274 g/mol. The highest BCUT2D eigenvalue weighted by Crippen LogP contribution is 2.37. The third-order valence-electron chi connectivity index (χ3n) is 3.42. The molecule has 3 rings (SSSR count). The van der Waals surface area contributed by atoms with Gasteiger partial charge in [0.2, 0.25) is 0 Å². The fourth-order valence-electron chi connectivity index (χ4n) is 2.39. The fourth-order valence-corrected chi connectivity index (χ4v) is 3.69. The molecule has 0 fully saturated rings. The van der Waals surface area contributed by atoms with E-state index in [-0.39, 0.29) is 0 Å². The van der Waals surface area contributed by atoms with Gasteiger partial charge in [0.05, 0.1) is 12.7 Å². The van der Waals surface area contributed by atoms with Crippen molar-refractivity contribution in [1.82, 2.24) is 9.78 Å². The van der Waals surface area contributed by atoms with Crippen LogP contribution in [0.1, 0.15) is 21.6 Å². The SMILES string of the molecule is Cc1c(C(=O)O)cnn1CC1Cc2ccccc2S1. The number of nitrogens with zero attached hydrogens (tertiary/aromatic N) is 2. The molecule has 1 aliphatic heterocycles. The van der Waals surface area contributed by atoms with E-state index in [4.69, 9.17) is 5.11 Å². The molecule has 2 heterocycles. The molecule has 1 N–H and O–H groups in total. The van der Waals surface area contributed by atoms with Gasteiger partial charge in [0, 0.05) is 15.8 Å². The molecule has 0 aliphatic carbocycles. The minimum Gasteiger partial charge on any atom is -0.478 e. The molecular weight excluding hydrogens is 260 g/mol. The van der Waals surface area contributed by atoms with Crippen LogP contribution in [0.4, 0.5) is 0 Å². The Labute approximate surface area is 115 Å². The normalized spacial score (nSPS) is 17.4. The highest BCUT2D eigenvalue weighted by atomic mass is 32.2. The molecule has 0 bridgehead atoms. The number of hydrogen-bond donors (Lipinski definition) is 1. The number of thioether (sulfide) groups is 1. The Morgan fingerprint density at radius 1 is 1.53 bits per heavy atom. The van der Waals surface area contributed by atoms with E-state index in [1.165, 1.54) is 16.7 Å². The van der Waals surface area contributed by atoms with Gasteiger partial charge in [-0.1, -0.05) is 18.2 Å². The van der Waals surface area contributed by atoms with Crippen LogP contribution in [0.2, 0.25) is 0 Å². The Hall–Kier alpha value is -1.75. The van der Waals surface area contributed by atoms with Crippen molar-refractivity contribution in [3.63, 3.8) is 0 Å². The van der Waals surface area contributed by atoms with Crippen LogP contribution in [-0.2, 0) is 13.0 Å². The first-order valence-corrected chi connectivity index (χ1v) is 7.03. The number of benzene rings is 1. The lowest BCUT2D eigenvalue weighted by atomic mass is 10.1. The molecule has 4 nitrogen and oxygen atoms in total. The minimum absolute atomic E-state index is 0.292. The van der Waals surface area contributed by atoms with Crippen LogP contribution in [-0.4, -0.2) is 26.1 Å². The molecule has 0 spiro atoms. The average Bonchev–Trinajstić information content (AvgIpc) is 2.94. The molecule has 1 aromatic carbocycles. The monoisotopic (exact) mass is 274 g/mol. The van der Waals surface area contributed by atoms with Crippen LogP contribution in [0, 0.1) is 6.92 Å². The Morgan fingerprint density at radius 2 is 2.32 bits per heavy atom. The standard InChI is InChI=1S/C14H14N2O2S/c1-9-12(14(17)18)7-15-16(9)8-11-6-10-4-2-3-5-13(10)19-11/h2-5,7,11H,6,8H2,1H3,(H,17,18). The van der Waals surface area contributed by atoms with E-state index in [9.17, 15) is 4.79 Å². The van der Waals surface area contributed by atoms with Gasteiger partial charge in [-0.15, -0.1) is 11.8 Å². The van der Waals surface area contributed by atoms with Crippen LogP contribution in [0.3, 0.4) is 0 Å². The lowest BCUT2D eigenvalue weighted by Gasteiger charge is -2.10. The minimum atomic E-state index is -0.911. The summed E-state index contributed by atoms with van der Waals surface area (Å²) in [6.45, 7) is 2.56. The molecule has 0 saturated heterocycles. The van der Waals surface area contributed by atoms with Crippen molar-refractivity contribution in [2.45, 2.75) is 30.0 Å². The molecular formula is C14H14N2O2S. The smallest absolute Gasteiger partial charge is 0.339 e. The molecule has 1 aromatic heterocycles. The van der Waals surface area contributed by atoms with Crippen molar-refractivity contribution in [3.05, 3.63) is 47.3 Å². The van der Waals surface area contributed by atoms with Crippen molar-refractivity contribution in [3.8, 4) is 0 Å². The van der Waals surface area contributed by atoms with E-state index < -0.39 is 5.97 Å². The highest BCUT2D eigenvalue weighted by Gasteiger charge is 2.23. The summed E-state index contributed by atoms with van der Waals surface area (Å²) >= 11 is 1.85. The second kappa shape index (κ2) is 4.74. The van der Waals surface area contributed by atoms with Gasteiger partial charge >= 0.3 is 5.97 Å². The Balaban J connectivity index is 1.76. The predicted molar refractivity (Wildman–Crippen MR) is 73.7 cm³/mol. The Morgan fingerprint density at radius 3 is 3.00 bits per heavy atom. The zero-order chi connectivity index (χ0) is 13.4. The van der Waals surface area contributed by atoms with E-state index in [0.717, 1.165) is 18.7 Å². The predicted octanol–water partition coefficient (Wildman–Crippen LogP) is 2.61. The van der Waals surface area contributed by atoms with Crippen LogP contribution in [0.5, 0.6) is 0 Å². The highest BCUT2D eigenvalue weighted by molar-refractivity contribution is 8.00. The van der Waals surface area contributed by atoms with Crippen LogP contribution < -0.4 is 0 Å². The largest absolute Gasteiger partial charge is 0.478 e. The molecule has 19 heavy (non-hydrogen) atoms. The summed E-state index contributed by atoms with van der Waals surface area (Å²) < 4.78 is 1.80. The number of fused-ring (bicyclic) bond motifs is 1. The molecule has 0 radical (unpaired) electrons. The molecule has 1 aliphatic rings. The Bertz CT molecular complexity index is 611. The maximum Gasteiger partial charge on any atom is 0.339 e. The maximum absolute atomic E-state index is 11.0. The van der Waals surface area contributed by atoms with Gasteiger partial charge < -0.3 is 5.11 Å². The van der Waals surface area contributed by atoms with E-state index in [0.29, 0.717) is 10.8 Å². The lowest BCUT2D eigenvalue weighted by Crippen LogP contribution is -2.15. The van der Waals surface area contributed by atoms with Gasteiger partial charge in [-0.05, 0) is 25.0 Å². The molecule has 0 saturated carbocycles. The summed E-state index contributed by atoms with van der Waals surface area (Å²) in [5.74, 6) is -0.911. The number of carbonyl (C=O) groups is 1. The zero-order valence-corrected chi connectivity index (χ0v) is 11.4. The molecule has 98 valence electrons. The molecule has 0 amide bonds. The van der Waals surface area contributed by atoms with Gasteiger partial charge in [0.1, 0.15) is 5.56 Å². The topological polar surface area (TPSA) is 55.1 Å². The van der Waals surface area contributed by atoms with E-state index in [1.54, 1.807) is 4.68 Å². The summed E-state index contributed by atoms with van der Waals surface area (Å²) in [6.07, 6.45) is 2.45.